The first-order valence-electron chi connectivity index (χ1n) is 11.9. The van der Waals surface area contributed by atoms with Gasteiger partial charge in [0.25, 0.3) is 0 Å². The lowest BCUT2D eigenvalue weighted by Crippen LogP contribution is -2.58. The van der Waals surface area contributed by atoms with Crippen LogP contribution in [0.25, 0.3) is 0 Å². The van der Waals surface area contributed by atoms with Gasteiger partial charge in [-0.2, -0.15) is 0 Å². The van der Waals surface area contributed by atoms with Gasteiger partial charge in [0.2, 0.25) is 11.8 Å². The summed E-state index contributed by atoms with van der Waals surface area (Å²) in [5, 5.41) is 5.28. The van der Waals surface area contributed by atoms with Gasteiger partial charge in [-0.25, -0.2) is 4.79 Å². The molecule has 198 valence electrons. The molecule has 2 unspecified atom stereocenters. The molecule has 9 heteroatoms. The van der Waals surface area contributed by atoms with E-state index >= 15 is 0 Å². The van der Waals surface area contributed by atoms with Crippen LogP contribution in [-0.2, 0) is 23.9 Å². The highest BCUT2D eigenvalue weighted by Gasteiger charge is 2.41. The van der Waals surface area contributed by atoms with Crippen molar-refractivity contribution in [2.24, 2.45) is 0 Å². The van der Waals surface area contributed by atoms with E-state index in [9.17, 15) is 19.2 Å². The molecule has 0 fully saturated rings. The second kappa shape index (κ2) is 13.0. The van der Waals surface area contributed by atoms with Crippen LogP contribution in [0.2, 0.25) is 0 Å². The fraction of sp³-hybridized carbons (Fsp3) is 0.556. The number of nitrogens with one attached hydrogen (secondary N) is 2. The molecule has 2 N–H and O–H groups in total. The summed E-state index contributed by atoms with van der Waals surface area (Å²) in [5.41, 5.74) is -0.714. The molecule has 1 rings (SSSR count). The maximum absolute atomic E-state index is 13.7. The number of terminal acetylenes is 1. The minimum absolute atomic E-state index is 0.0181. The maximum Gasteiger partial charge on any atom is 0.408 e. The summed E-state index contributed by atoms with van der Waals surface area (Å²) in [7, 11) is 0. The third-order valence-electron chi connectivity index (χ3n) is 4.91. The lowest BCUT2D eigenvalue weighted by atomic mass is 9.93. The molecule has 1 aromatic carbocycles. The number of hydrogen-bond acceptors (Lipinski definition) is 6. The molecule has 0 aliphatic rings. The Hall–Kier alpha value is -3.54. The van der Waals surface area contributed by atoms with Crippen LogP contribution in [-0.4, -0.2) is 59.1 Å². The molecule has 0 radical (unpaired) electrons. The normalized spacial score (nSPS) is 13.0. The fourth-order valence-electron chi connectivity index (χ4n) is 3.48. The van der Waals surface area contributed by atoms with Gasteiger partial charge < -0.3 is 25.0 Å². The van der Waals surface area contributed by atoms with Crippen LogP contribution in [0.1, 0.15) is 79.0 Å². The van der Waals surface area contributed by atoms with Gasteiger partial charge in [0, 0.05) is 17.6 Å². The summed E-state index contributed by atoms with van der Waals surface area (Å²) < 4.78 is 10.2. The van der Waals surface area contributed by atoms with Crippen molar-refractivity contribution in [3.8, 4) is 12.3 Å². The minimum atomic E-state index is -1.13. The standard InChI is InChI=1S/C27H39N3O6/c1-10-19-14-12-13-15-20(19)22(23(32)28-17-16-21(31)35-11-2)30(26(4,5)6)24(33)18(3)29-25(34)36-27(7,8)9/h1,12-15,18,22H,11,16-17H2,2-9H3,(H,28,32)(H,29,34). The Kier molecular flexibility index (Phi) is 11.0. The third kappa shape index (κ3) is 9.25. The number of ether oxygens (including phenoxy) is 2. The van der Waals surface area contributed by atoms with Crippen LogP contribution in [0.4, 0.5) is 4.79 Å². The highest BCUT2D eigenvalue weighted by atomic mass is 16.6. The lowest BCUT2D eigenvalue weighted by Gasteiger charge is -2.42. The zero-order valence-electron chi connectivity index (χ0n) is 22.6. The molecule has 36 heavy (non-hydrogen) atoms. The maximum atomic E-state index is 13.7. The second-order valence-electron chi connectivity index (χ2n) is 10.2. The average molecular weight is 502 g/mol. The molecule has 0 aliphatic heterocycles. The van der Waals surface area contributed by atoms with E-state index in [0.717, 1.165) is 0 Å². The smallest absolute Gasteiger partial charge is 0.408 e. The number of hydrogen-bond donors (Lipinski definition) is 2. The Bertz CT molecular complexity index is 984. The number of alkyl carbamates (subject to hydrolysis) is 1. The lowest BCUT2D eigenvalue weighted by molar-refractivity contribution is -0.148. The molecule has 0 heterocycles. The van der Waals surface area contributed by atoms with Gasteiger partial charge in [0.15, 0.2) is 0 Å². The second-order valence-corrected chi connectivity index (χ2v) is 10.2. The van der Waals surface area contributed by atoms with Crippen molar-refractivity contribution >= 4 is 23.9 Å². The highest BCUT2D eigenvalue weighted by molar-refractivity contribution is 5.93. The Morgan fingerprint density at radius 1 is 1.08 bits per heavy atom. The van der Waals surface area contributed by atoms with E-state index in [2.05, 4.69) is 16.6 Å². The van der Waals surface area contributed by atoms with E-state index in [-0.39, 0.29) is 19.6 Å². The predicted octanol–water partition coefficient (Wildman–Crippen LogP) is 3.32. The number of benzene rings is 1. The molecule has 0 saturated carbocycles. The van der Waals surface area contributed by atoms with Gasteiger partial charge in [-0.15, -0.1) is 6.42 Å². The molecule has 0 aromatic heterocycles. The van der Waals surface area contributed by atoms with Gasteiger partial charge in [-0.3, -0.25) is 14.4 Å². The molecular formula is C27H39N3O6. The van der Waals surface area contributed by atoms with Gasteiger partial charge in [-0.1, -0.05) is 24.1 Å². The summed E-state index contributed by atoms with van der Waals surface area (Å²) in [5.74, 6) is 1.10. The van der Waals surface area contributed by atoms with Crippen molar-refractivity contribution in [1.29, 1.82) is 0 Å². The van der Waals surface area contributed by atoms with E-state index in [1.165, 1.54) is 11.8 Å². The summed E-state index contributed by atoms with van der Waals surface area (Å²) in [6.45, 7) is 14.0. The molecular weight excluding hydrogens is 462 g/mol. The van der Waals surface area contributed by atoms with Gasteiger partial charge in [-0.05, 0) is 67.0 Å². The van der Waals surface area contributed by atoms with Crippen molar-refractivity contribution in [2.45, 2.75) is 85.0 Å². The number of amides is 3. The van der Waals surface area contributed by atoms with Crippen LogP contribution in [0, 0.1) is 12.3 Å². The van der Waals surface area contributed by atoms with E-state index in [4.69, 9.17) is 15.9 Å². The Labute approximate surface area is 214 Å². The third-order valence-corrected chi connectivity index (χ3v) is 4.91. The van der Waals surface area contributed by atoms with E-state index < -0.39 is 47.1 Å². The molecule has 2 atom stereocenters. The number of carbonyl (C=O) groups excluding carboxylic acids is 4. The van der Waals surface area contributed by atoms with Gasteiger partial charge >= 0.3 is 12.1 Å². The first kappa shape index (κ1) is 30.5. The van der Waals surface area contributed by atoms with Crippen LogP contribution in [0.15, 0.2) is 24.3 Å². The Morgan fingerprint density at radius 2 is 1.69 bits per heavy atom. The van der Waals surface area contributed by atoms with Crippen LogP contribution in [0.5, 0.6) is 0 Å². The summed E-state index contributed by atoms with van der Waals surface area (Å²) in [6, 6.07) is 4.69. The summed E-state index contributed by atoms with van der Waals surface area (Å²) in [4.78, 5) is 52.7. The fourth-order valence-corrected chi connectivity index (χ4v) is 3.48. The SMILES string of the molecule is C#Cc1ccccc1C(C(=O)NCCC(=O)OCC)N(C(=O)C(C)NC(=O)OC(C)(C)C)C(C)(C)C. The largest absolute Gasteiger partial charge is 0.466 e. The monoisotopic (exact) mass is 501 g/mol. The minimum Gasteiger partial charge on any atom is -0.466 e. The van der Waals surface area contributed by atoms with Crippen LogP contribution < -0.4 is 10.6 Å². The highest BCUT2D eigenvalue weighted by Crippen LogP contribution is 2.31. The quantitative estimate of drug-likeness (QED) is 0.396. The molecule has 0 bridgehead atoms. The zero-order chi connectivity index (χ0) is 27.7. The number of esters is 1. The average Bonchev–Trinajstić information content (AvgIpc) is 2.74. The molecule has 3 amide bonds. The topological polar surface area (TPSA) is 114 Å². The van der Waals surface area contributed by atoms with Gasteiger partial charge in [0.05, 0.1) is 13.0 Å². The first-order chi connectivity index (χ1) is 16.6. The van der Waals surface area contributed by atoms with Gasteiger partial charge in [0.1, 0.15) is 17.7 Å². The molecule has 1 aromatic rings. The molecule has 9 nitrogen and oxygen atoms in total. The molecule has 0 saturated heterocycles. The predicted molar refractivity (Wildman–Crippen MR) is 137 cm³/mol. The van der Waals surface area contributed by atoms with Crippen molar-refractivity contribution in [3.63, 3.8) is 0 Å². The van der Waals surface area contributed by atoms with Crippen LogP contribution in [0.3, 0.4) is 0 Å². The number of carbonyl (C=O) groups is 4. The van der Waals surface area contributed by atoms with Crippen molar-refractivity contribution < 1.29 is 28.7 Å². The Morgan fingerprint density at radius 3 is 2.22 bits per heavy atom. The molecule has 0 spiro atoms. The number of rotatable bonds is 9. The van der Waals surface area contributed by atoms with E-state index in [0.29, 0.717) is 11.1 Å². The summed E-state index contributed by atoms with van der Waals surface area (Å²) >= 11 is 0. The number of nitrogens with zero attached hydrogens (tertiary/aromatic N) is 1. The van der Waals surface area contributed by atoms with Crippen molar-refractivity contribution in [3.05, 3.63) is 35.4 Å². The van der Waals surface area contributed by atoms with Crippen molar-refractivity contribution in [1.82, 2.24) is 15.5 Å². The van der Waals surface area contributed by atoms with Crippen molar-refractivity contribution in [2.75, 3.05) is 13.2 Å². The Balaban J connectivity index is 3.40. The van der Waals surface area contributed by atoms with E-state index in [1.54, 1.807) is 72.7 Å². The first-order valence-corrected chi connectivity index (χ1v) is 11.9. The summed E-state index contributed by atoms with van der Waals surface area (Å²) in [6.07, 6.45) is 4.93. The van der Waals surface area contributed by atoms with E-state index in [1.807, 2.05) is 0 Å². The zero-order valence-corrected chi connectivity index (χ0v) is 22.6. The van der Waals surface area contributed by atoms with Crippen LogP contribution >= 0.6 is 0 Å². The molecule has 0 aliphatic carbocycles.